The van der Waals surface area contributed by atoms with Crippen LogP contribution in [0.15, 0.2) is 0 Å². The normalized spacial score (nSPS) is 23.8. The lowest BCUT2D eigenvalue weighted by atomic mass is 10.2. The number of carbonyl (C=O) groups is 2. The molecule has 88 valence electrons. The first-order valence-electron chi connectivity index (χ1n) is 5.06. The molecular weight excluding hydrogens is 212 g/mol. The average molecular weight is 226 g/mol. The van der Waals surface area contributed by atoms with Crippen LogP contribution in [0.2, 0.25) is 0 Å². The van der Waals surface area contributed by atoms with E-state index in [2.05, 4.69) is 0 Å². The van der Waals surface area contributed by atoms with E-state index in [4.69, 9.17) is 15.1 Å². The Balaban J connectivity index is 2.44. The van der Waals surface area contributed by atoms with Crippen LogP contribution in [0.25, 0.3) is 0 Å². The maximum Gasteiger partial charge on any atom is 0.332 e. The van der Waals surface area contributed by atoms with Crippen molar-refractivity contribution in [3.8, 4) is 6.07 Å². The third kappa shape index (κ3) is 2.94. The summed E-state index contributed by atoms with van der Waals surface area (Å²) in [5, 5.41) is 17.1. The van der Waals surface area contributed by atoms with Crippen molar-refractivity contribution in [1.82, 2.24) is 4.90 Å². The van der Waals surface area contributed by atoms with E-state index in [9.17, 15) is 9.59 Å². The van der Waals surface area contributed by atoms with Crippen molar-refractivity contribution in [3.63, 3.8) is 0 Å². The van der Waals surface area contributed by atoms with E-state index >= 15 is 0 Å². The van der Waals surface area contributed by atoms with Gasteiger partial charge < -0.3 is 14.7 Å². The van der Waals surface area contributed by atoms with Gasteiger partial charge in [0.1, 0.15) is 6.10 Å². The molecule has 16 heavy (non-hydrogen) atoms. The number of likely N-dealkylation sites (N-methyl/N-ethyl adjacent to an activating group) is 1. The van der Waals surface area contributed by atoms with Gasteiger partial charge in [-0.25, -0.2) is 4.79 Å². The van der Waals surface area contributed by atoms with Gasteiger partial charge in [-0.2, -0.15) is 5.26 Å². The highest BCUT2D eigenvalue weighted by molar-refractivity contribution is 5.82. The van der Waals surface area contributed by atoms with Crippen LogP contribution in [0.4, 0.5) is 0 Å². The molecule has 1 N–H and O–H groups in total. The quantitative estimate of drug-likeness (QED) is 0.728. The minimum atomic E-state index is -1.03. The molecule has 0 saturated carbocycles. The number of nitriles is 1. The van der Waals surface area contributed by atoms with Crippen molar-refractivity contribution < 1.29 is 19.4 Å². The Morgan fingerprint density at radius 2 is 2.12 bits per heavy atom. The molecule has 6 heteroatoms. The van der Waals surface area contributed by atoms with E-state index in [1.165, 1.54) is 4.90 Å². The number of amides is 1. The lowest BCUT2D eigenvalue weighted by molar-refractivity contribution is -0.154. The lowest BCUT2D eigenvalue weighted by Gasteiger charge is -2.19. The molecular formula is C10H14N2O4. The molecule has 0 unspecified atom stereocenters. The van der Waals surface area contributed by atoms with E-state index in [1.807, 2.05) is 6.07 Å². The summed E-state index contributed by atoms with van der Waals surface area (Å²) in [5.41, 5.74) is 0. The van der Waals surface area contributed by atoms with Gasteiger partial charge in [-0.05, 0) is 12.8 Å². The predicted octanol–water partition coefficient (Wildman–Crippen LogP) is -0.00932. The van der Waals surface area contributed by atoms with Crippen molar-refractivity contribution in [1.29, 1.82) is 5.26 Å². The minimum Gasteiger partial charge on any atom is -0.479 e. The van der Waals surface area contributed by atoms with Crippen LogP contribution in [-0.4, -0.2) is 47.7 Å². The molecule has 1 amide bonds. The van der Waals surface area contributed by atoms with Gasteiger partial charge in [-0.15, -0.1) is 0 Å². The molecule has 1 saturated heterocycles. The SMILES string of the molecule is CN(CCC#N)C(=O)[C@@H]1CC[C@H](C(=O)O)O1. The van der Waals surface area contributed by atoms with Crippen molar-refractivity contribution in [2.24, 2.45) is 0 Å². The Labute approximate surface area is 93.4 Å². The van der Waals surface area contributed by atoms with Crippen LogP contribution in [-0.2, 0) is 14.3 Å². The predicted molar refractivity (Wildman–Crippen MR) is 53.4 cm³/mol. The van der Waals surface area contributed by atoms with Gasteiger partial charge in [0.25, 0.3) is 5.91 Å². The number of hydrogen-bond donors (Lipinski definition) is 1. The van der Waals surface area contributed by atoms with Gasteiger partial charge in [-0.1, -0.05) is 0 Å². The number of carboxylic acids is 1. The van der Waals surface area contributed by atoms with E-state index < -0.39 is 18.2 Å². The highest BCUT2D eigenvalue weighted by Gasteiger charge is 2.35. The van der Waals surface area contributed by atoms with Gasteiger partial charge in [-0.3, -0.25) is 4.79 Å². The van der Waals surface area contributed by atoms with Gasteiger partial charge in [0.2, 0.25) is 0 Å². The van der Waals surface area contributed by atoms with E-state index in [-0.39, 0.29) is 12.3 Å². The number of carboxylic acid groups (broad SMARTS) is 1. The van der Waals surface area contributed by atoms with E-state index in [0.29, 0.717) is 19.4 Å². The van der Waals surface area contributed by atoms with Crippen molar-refractivity contribution in [2.75, 3.05) is 13.6 Å². The zero-order valence-electron chi connectivity index (χ0n) is 9.05. The number of nitrogens with zero attached hydrogens (tertiary/aromatic N) is 2. The van der Waals surface area contributed by atoms with Crippen LogP contribution >= 0.6 is 0 Å². The summed E-state index contributed by atoms with van der Waals surface area (Å²) >= 11 is 0. The molecule has 0 radical (unpaired) electrons. The number of carbonyl (C=O) groups excluding carboxylic acids is 1. The Bertz CT molecular complexity index is 323. The molecule has 1 aliphatic heterocycles. The number of ether oxygens (including phenoxy) is 1. The Kier molecular flexibility index (Phi) is 4.26. The summed E-state index contributed by atoms with van der Waals surface area (Å²) < 4.78 is 5.11. The third-order valence-corrected chi connectivity index (χ3v) is 2.51. The van der Waals surface area contributed by atoms with Gasteiger partial charge in [0, 0.05) is 13.6 Å². The molecule has 1 aliphatic rings. The molecule has 1 heterocycles. The first-order chi connectivity index (χ1) is 7.56. The Morgan fingerprint density at radius 3 is 2.62 bits per heavy atom. The first kappa shape index (κ1) is 12.5. The summed E-state index contributed by atoms with van der Waals surface area (Å²) in [4.78, 5) is 23.7. The summed E-state index contributed by atoms with van der Waals surface area (Å²) in [5.74, 6) is -1.28. The van der Waals surface area contributed by atoms with Crippen LogP contribution < -0.4 is 0 Å². The Morgan fingerprint density at radius 1 is 1.50 bits per heavy atom. The summed E-state index contributed by atoms with van der Waals surface area (Å²) in [6.07, 6.45) is -0.509. The number of rotatable bonds is 4. The second kappa shape index (κ2) is 5.47. The van der Waals surface area contributed by atoms with Gasteiger partial charge >= 0.3 is 5.97 Å². The van der Waals surface area contributed by atoms with Gasteiger partial charge in [0.05, 0.1) is 12.5 Å². The largest absolute Gasteiger partial charge is 0.479 e. The second-order valence-electron chi connectivity index (χ2n) is 3.70. The monoisotopic (exact) mass is 226 g/mol. The topological polar surface area (TPSA) is 90.6 Å². The zero-order chi connectivity index (χ0) is 12.1. The van der Waals surface area contributed by atoms with Crippen LogP contribution in [0.5, 0.6) is 0 Å². The van der Waals surface area contributed by atoms with Crippen LogP contribution in [0.3, 0.4) is 0 Å². The summed E-state index contributed by atoms with van der Waals surface area (Å²) in [6, 6.07) is 1.94. The highest BCUT2D eigenvalue weighted by Crippen LogP contribution is 2.21. The fourth-order valence-corrected chi connectivity index (χ4v) is 1.57. The standard InChI is InChI=1S/C10H14N2O4/c1-12(6-2-5-11)9(13)7-3-4-8(16-7)10(14)15/h7-8H,2-4,6H2,1H3,(H,14,15)/t7-,8+/m0/s1. The van der Waals surface area contributed by atoms with Crippen LogP contribution in [0, 0.1) is 11.3 Å². The third-order valence-electron chi connectivity index (χ3n) is 2.51. The molecule has 0 bridgehead atoms. The highest BCUT2D eigenvalue weighted by atomic mass is 16.5. The maximum atomic E-state index is 11.7. The molecule has 0 aromatic rings. The fraction of sp³-hybridized carbons (Fsp3) is 0.700. The molecule has 1 fully saturated rings. The lowest BCUT2D eigenvalue weighted by Crippen LogP contribution is -2.37. The molecule has 1 rings (SSSR count). The van der Waals surface area contributed by atoms with E-state index in [1.54, 1.807) is 7.05 Å². The average Bonchev–Trinajstić information content (AvgIpc) is 2.74. The van der Waals surface area contributed by atoms with E-state index in [0.717, 1.165) is 0 Å². The Hall–Kier alpha value is -1.61. The van der Waals surface area contributed by atoms with Crippen molar-refractivity contribution in [3.05, 3.63) is 0 Å². The van der Waals surface area contributed by atoms with Crippen molar-refractivity contribution in [2.45, 2.75) is 31.5 Å². The minimum absolute atomic E-state index is 0.251. The molecule has 0 aliphatic carbocycles. The van der Waals surface area contributed by atoms with Crippen LogP contribution in [0.1, 0.15) is 19.3 Å². The first-order valence-corrected chi connectivity index (χ1v) is 5.06. The number of aliphatic carboxylic acids is 1. The molecule has 0 aromatic carbocycles. The maximum absolute atomic E-state index is 11.7. The molecule has 2 atom stereocenters. The van der Waals surface area contributed by atoms with Gasteiger partial charge in [0.15, 0.2) is 6.10 Å². The molecule has 0 aromatic heterocycles. The molecule has 6 nitrogen and oxygen atoms in total. The summed E-state index contributed by atoms with van der Waals surface area (Å²) in [6.45, 7) is 0.340. The summed E-state index contributed by atoms with van der Waals surface area (Å²) in [7, 11) is 1.58. The molecule has 0 spiro atoms. The second-order valence-corrected chi connectivity index (χ2v) is 3.70. The van der Waals surface area contributed by atoms with Crippen molar-refractivity contribution >= 4 is 11.9 Å². The smallest absolute Gasteiger partial charge is 0.332 e. The zero-order valence-corrected chi connectivity index (χ0v) is 9.05. The number of hydrogen-bond acceptors (Lipinski definition) is 4. The fourth-order valence-electron chi connectivity index (χ4n) is 1.57.